The molecule has 0 aromatic rings. The second kappa shape index (κ2) is 8.01. The fourth-order valence-electron chi connectivity index (χ4n) is 0.369. The van der Waals surface area contributed by atoms with E-state index in [0.29, 0.717) is 0 Å². The predicted molar refractivity (Wildman–Crippen MR) is 46.3 cm³/mol. The van der Waals surface area contributed by atoms with Gasteiger partial charge in [0.25, 0.3) is 0 Å². The lowest BCUT2D eigenvalue weighted by atomic mass is 10.5. The summed E-state index contributed by atoms with van der Waals surface area (Å²) in [5, 5.41) is 0. The fourth-order valence-corrected chi connectivity index (χ4v) is 0.369. The third-order valence-electron chi connectivity index (χ3n) is 0.783. The first-order valence-corrected chi connectivity index (χ1v) is 3.39. The van der Waals surface area contributed by atoms with Gasteiger partial charge in [0.2, 0.25) is 0 Å². The number of rotatable bonds is 4. The van der Waals surface area contributed by atoms with Gasteiger partial charge in [-0.1, -0.05) is 6.92 Å². The molecule has 10 heavy (non-hydrogen) atoms. The fraction of sp³-hybridized carbons (Fsp3) is 0.571. The molecule has 0 aromatic heterocycles. The lowest BCUT2D eigenvalue weighted by Gasteiger charge is -1.79. The van der Waals surface area contributed by atoms with E-state index in [0.717, 1.165) is 13.0 Å². The second-order valence-electron chi connectivity index (χ2n) is 1.69. The normalized spacial score (nSPS) is 12.6. The molecular weight excluding hydrogens is 126 g/mol. The summed E-state index contributed by atoms with van der Waals surface area (Å²) >= 11 is 0. The van der Waals surface area contributed by atoms with Crippen molar-refractivity contribution in [2.45, 2.75) is 20.3 Å². The molecule has 0 amide bonds. The number of nitrogens with zero attached hydrogens (tertiary/aromatic N) is 3. The van der Waals surface area contributed by atoms with E-state index in [2.05, 4.69) is 21.9 Å². The number of hydrogen-bond donors (Lipinski definition) is 0. The molecule has 56 valence electrons. The molecular formula is C7H13N3. The molecule has 0 aliphatic rings. The van der Waals surface area contributed by atoms with E-state index >= 15 is 0 Å². The van der Waals surface area contributed by atoms with Crippen LogP contribution in [0.3, 0.4) is 0 Å². The Morgan fingerprint density at radius 3 is 2.60 bits per heavy atom. The number of hydrogen-bond acceptors (Lipinski definition) is 1. The molecule has 0 aliphatic carbocycles. The van der Waals surface area contributed by atoms with Crippen molar-refractivity contribution < 1.29 is 0 Å². The van der Waals surface area contributed by atoms with Crippen molar-refractivity contribution in [2.75, 3.05) is 6.54 Å². The Labute approximate surface area is 61.6 Å². The maximum atomic E-state index is 3.96. The smallest absolute Gasteiger partial charge is 0.116 e. The highest BCUT2D eigenvalue weighted by atomic mass is 14.9. The van der Waals surface area contributed by atoms with Crippen LogP contribution in [0.5, 0.6) is 0 Å². The van der Waals surface area contributed by atoms with E-state index in [9.17, 15) is 0 Å². The van der Waals surface area contributed by atoms with Gasteiger partial charge in [-0.25, -0.2) is 9.98 Å². The van der Waals surface area contributed by atoms with Crippen LogP contribution in [-0.4, -0.2) is 25.4 Å². The summed E-state index contributed by atoms with van der Waals surface area (Å²) in [6, 6.07) is 0. The maximum Gasteiger partial charge on any atom is 0.116 e. The van der Waals surface area contributed by atoms with Crippen LogP contribution in [0, 0.1) is 0 Å². The van der Waals surface area contributed by atoms with E-state index in [1.807, 2.05) is 6.92 Å². The minimum absolute atomic E-state index is 0.840. The quantitative estimate of drug-likeness (QED) is 0.418. The molecule has 0 rings (SSSR count). The lowest BCUT2D eigenvalue weighted by molar-refractivity contribution is 0.935. The summed E-state index contributed by atoms with van der Waals surface area (Å²) < 4.78 is 0. The molecule has 0 spiro atoms. The van der Waals surface area contributed by atoms with Gasteiger partial charge in [0.05, 0.1) is 0 Å². The van der Waals surface area contributed by atoms with Crippen LogP contribution in [0.4, 0.5) is 0 Å². The zero-order valence-corrected chi connectivity index (χ0v) is 6.49. The molecule has 0 aromatic carbocycles. The van der Waals surface area contributed by atoms with Gasteiger partial charge in [-0.15, -0.1) is 0 Å². The van der Waals surface area contributed by atoms with Crippen molar-refractivity contribution in [3.05, 3.63) is 0 Å². The summed E-state index contributed by atoms with van der Waals surface area (Å²) in [7, 11) is 0. The highest BCUT2D eigenvalue weighted by molar-refractivity contribution is 5.77. The molecule has 0 atom stereocenters. The zero-order chi connectivity index (χ0) is 7.66. The van der Waals surface area contributed by atoms with Gasteiger partial charge in [0.15, 0.2) is 0 Å². The average molecular weight is 139 g/mol. The van der Waals surface area contributed by atoms with Gasteiger partial charge < -0.3 is 0 Å². The van der Waals surface area contributed by atoms with E-state index in [-0.39, 0.29) is 0 Å². The molecule has 0 bridgehead atoms. The van der Waals surface area contributed by atoms with Crippen molar-refractivity contribution in [1.29, 1.82) is 0 Å². The van der Waals surface area contributed by atoms with E-state index < -0.39 is 0 Å². The first kappa shape index (κ1) is 9.01. The van der Waals surface area contributed by atoms with Crippen molar-refractivity contribution in [1.82, 2.24) is 0 Å². The van der Waals surface area contributed by atoms with Crippen molar-refractivity contribution >= 4 is 18.9 Å². The third kappa shape index (κ3) is 7.01. The van der Waals surface area contributed by atoms with Gasteiger partial charge in [-0.3, -0.25) is 4.99 Å². The minimum Gasteiger partial charge on any atom is -0.273 e. The standard InChI is InChI=1S/C7H13N3/c1-3-5-9-7-10-6-8-4-2/h4,6-7H,3,5H2,1-2H3/b8-4-,9-7-,10-6-. The molecule has 0 saturated carbocycles. The van der Waals surface area contributed by atoms with Crippen LogP contribution in [0.1, 0.15) is 20.3 Å². The topological polar surface area (TPSA) is 37.1 Å². The summed E-state index contributed by atoms with van der Waals surface area (Å²) in [6.45, 7) is 4.76. The molecule has 0 radical (unpaired) electrons. The van der Waals surface area contributed by atoms with E-state index in [4.69, 9.17) is 0 Å². The Balaban J connectivity index is 3.32. The summed E-state index contributed by atoms with van der Waals surface area (Å²) in [4.78, 5) is 11.5. The molecule has 0 heterocycles. The first-order chi connectivity index (χ1) is 4.91. The molecule has 0 N–H and O–H groups in total. The summed E-state index contributed by atoms with van der Waals surface area (Å²) in [5.41, 5.74) is 0. The lowest BCUT2D eigenvalue weighted by Crippen LogP contribution is -1.75. The van der Waals surface area contributed by atoms with Crippen LogP contribution in [0.25, 0.3) is 0 Å². The summed E-state index contributed by atoms with van der Waals surface area (Å²) in [5.74, 6) is 0. The monoisotopic (exact) mass is 139 g/mol. The highest BCUT2D eigenvalue weighted by Crippen LogP contribution is 1.74. The third-order valence-corrected chi connectivity index (χ3v) is 0.783. The van der Waals surface area contributed by atoms with E-state index in [1.165, 1.54) is 12.7 Å². The van der Waals surface area contributed by atoms with Gasteiger partial charge in [0, 0.05) is 12.8 Å². The molecule has 0 unspecified atom stereocenters. The van der Waals surface area contributed by atoms with Gasteiger partial charge in [0.1, 0.15) is 12.7 Å². The van der Waals surface area contributed by atoms with Crippen LogP contribution >= 0.6 is 0 Å². The predicted octanol–water partition coefficient (Wildman–Crippen LogP) is 1.54. The van der Waals surface area contributed by atoms with E-state index in [1.54, 1.807) is 6.21 Å². The summed E-state index contributed by atoms with van der Waals surface area (Å²) in [6.07, 6.45) is 5.73. The Kier molecular flexibility index (Phi) is 7.22. The van der Waals surface area contributed by atoms with Crippen molar-refractivity contribution in [2.24, 2.45) is 15.0 Å². The Morgan fingerprint density at radius 2 is 2.00 bits per heavy atom. The first-order valence-electron chi connectivity index (χ1n) is 3.39. The zero-order valence-electron chi connectivity index (χ0n) is 6.49. The number of aliphatic imine (C=N–C) groups is 3. The van der Waals surface area contributed by atoms with Crippen LogP contribution in [0.15, 0.2) is 15.0 Å². The Morgan fingerprint density at radius 1 is 1.20 bits per heavy atom. The maximum absolute atomic E-state index is 3.96. The van der Waals surface area contributed by atoms with Crippen LogP contribution in [0.2, 0.25) is 0 Å². The van der Waals surface area contributed by atoms with Gasteiger partial charge >= 0.3 is 0 Å². The minimum atomic E-state index is 0.840. The SMILES string of the molecule is C\C=N/C=N\C=N/CCC. The largest absolute Gasteiger partial charge is 0.273 e. The van der Waals surface area contributed by atoms with Crippen molar-refractivity contribution in [3.8, 4) is 0 Å². The molecule has 3 nitrogen and oxygen atoms in total. The highest BCUT2D eigenvalue weighted by Gasteiger charge is 1.68. The van der Waals surface area contributed by atoms with Gasteiger partial charge in [-0.05, 0) is 13.3 Å². The molecule has 0 saturated heterocycles. The molecule has 0 aliphatic heterocycles. The molecule has 0 fully saturated rings. The second-order valence-corrected chi connectivity index (χ2v) is 1.69. The molecule has 3 heteroatoms. The van der Waals surface area contributed by atoms with Crippen LogP contribution in [-0.2, 0) is 0 Å². The van der Waals surface area contributed by atoms with Gasteiger partial charge in [-0.2, -0.15) is 0 Å². The average Bonchev–Trinajstić information content (AvgIpc) is 1.97. The Bertz CT molecular complexity index is 136. The van der Waals surface area contributed by atoms with Crippen molar-refractivity contribution in [3.63, 3.8) is 0 Å². The Hall–Kier alpha value is -0.990. The van der Waals surface area contributed by atoms with Crippen LogP contribution < -0.4 is 0 Å².